The second-order valence-corrected chi connectivity index (χ2v) is 1.79. The molecule has 0 saturated heterocycles. The minimum atomic E-state index is -1.00. The third-order valence-corrected chi connectivity index (χ3v) is 0.992. The van der Waals surface area contributed by atoms with Gasteiger partial charge in [0.15, 0.2) is 0 Å². The van der Waals surface area contributed by atoms with Crippen LogP contribution in [-0.2, 0) is 9.63 Å². The molecule has 0 rings (SSSR count). The minimum Gasteiger partial charge on any atom is -0.480 e. The Bertz CT molecular complexity index is 107. The molecule has 5 nitrogen and oxygen atoms in total. The van der Waals surface area contributed by atoms with Crippen molar-refractivity contribution in [1.29, 1.82) is 0 Å². The van der Waals surface area contributed by atoms with Gasteiger partial charge in [-0.15, -0.1) is 0 Å². The molecule has 0 aliphatic carbocycles. The molecule has 4 N–H and O–H groups in total. The lowest BCUT2D eigenvalue weighted by Gasteiger charge is -2.04. The monoisotopic (exact) mass is 148 g/mol. The van der Waals surface area contributed by atoms with Crippen LogP contribution >= 0.6 is 0 Å². The summed E-state index contributed by atoms with van der Waals surface area (Å²) in [4.78, 5) is 14.8. The van der Waals surface area contributed by atoms with Crippen LogP contribution in [0.1, 0.15) is 6.42 Å². The first-order valence-corrected chi connectivity index (χ1v) is 2.95. The molecule has 1 atom stereocenters. The number of nitrogens with one attached hydrogen (secondary N) is 1. The van der Waals surface area contributed by atoms with Crippen LogP contribution in [-0.4, -0.2) is 30.8 Å². The summed E-state index contributed by atoms with van der Waals surface area (Å²) in [6.45, 7) is 0.309. The average molecular weight is 148 g/mol. The van der Waals surface area contributed by atoms with Crippen molar-refractivity contribution in [3.05, 3.63) is 0 Å². The third-order valence-electron chi connectivity index (χ3n) is 0.992. The maximum atomic E-state index is 10.1. The maximum absolute atomic E-state index is 10.1. The molecule has 10 heavy (non-hydrogen) atoms. The number of carboxylic acids is 1. The Balaban J connectivity index is 3.21. The quantitative estimate of drug-likeness (QED) is 0.342. The molecule has 60 valence electrons. The summed E-state index contributed by atoms with van der Waals surface area (Å²) >= 11 is 0. The highest BCUT2D eigenvalue weighted by molar-refractivity contribution is 5.72. The lowest BCUT2D eigenvalue weighted by Crippen LogP contribution is -2.31. The van der Waals surface area contributed by atoms with Gasteiger partial charge in [-0.25, -0.2) is 5.48 Å². The molecular formula is C5H12N2O3. The van der Waals surface area contributed by atoms with E-state index in [2.05, 4.69) is 10.3 Å². The Morgan fingerprint density at radius 1 is 1.90 bits per heavy atom. The van der Waals surface area contributed by atoms with E-state index in [9.17, 15) is 4.79 Å². The zero-order valence-electron chi connectivity index (χ0n) is 5.83. The summed E-state index contributed by atoms with van der Waals surface area (Å²) in [5.41, 5.74) is 7.56. The number of aliphatic carboxylic acids is 1. The van der Waals surface area contributed by atoms with Crippen LogP contribution in [0.25, 0.3) is 0 Å². The molecule has 0 saturated carbocycles. The fourth-order valence-corrected chi connectivity index (χ4v) is 0.411. The van der Waals surface area contributed by atoms with Gasteiger partial charge in [0, 0.05) is 7.05 Å². The van der Waals surface area contributed by atoms with Gasteiger partial charge in [-0.3, -0.25) is 4.79 Å². The van der Waals surface area contributed by atoms with Crippen LogP contribution in [0.5, 0.6) is 0 Å². The predicted molar refractivity (Wildman–Crippen MR) is 35.2 cm³/mol. The Hall–Kier alpha value is -0.650. The van der Waals surface area contributed by atoms with Crippen molar-refractivity contribution in [2.75, 3.05) is 13.7 Å². The Kier molecular flexibility index (Phi) is 4.82. The van der Waals surface area contributed by atoms with Crippen LogP contribution in [0.3, 0.4) is 0 Å². The van der Waals surface area contributed by atoms with Crippen LogP contribution in [0.15, 0.2) is 0 Å². The van der Waals surface area contributed by atoms with E-state index in [1.165, 1.54) is 0 Å². The molecule has 0 fully saturated rings. The van der Waals surface area contributed by atoms with Crippen molar-refractivity contribution in [3.8, 4) is 0 Å². The van der Waals surface area contributed by atoms with E-state index in [0.717, 1.165) is 0 Å². The molecule has 0 aliphatic rings. The van der Waals surface area contributed by atoms with Gasteiger partial charge in [0.1, 0.15) is 6.04 Å². The SMILES string of the molecule is CNOCC[C@H](N)C(=O)O. The standard InChI is InChI=1S/C5H12N2O3/c1-7-10-3-2-4(6)5(8)9/h4,7H,2-3,6H2,1H3,(H,8,9)/t4-/m0/s1. The van der Waals surface area contributed by atoms with E-state index < -0.39 is 12.0 Å². The minimum absolute atomic E-state index is 0.309. The molecule has 0 heterocycles. The Morgan fingerprint density at radius 3 is 2.90 bits per heavy atom. The van der Waals surface area contributed by atoms with Crippen molar-refractivity contribution >= 4 is 5.97 Å². The van der Waals surface area contributed by atoms with E-state index in [1.807, 2.05) is 0 Å². The first-order chi connectivity index (χ1) is 4.68. The second kappa shape index (κ2) is 5.16. The second-order valence-electron chi connectivity index (χ2n) is 1.79. The molecule has 0 aliphatic heterocycles. The largest absolute Gasteiger partial charge is 0.480 e. The summed E-state index contributed by atoms with van der Waals surface area (Å²) in [5, 5.41) is 8.28. The van der Waals surface area contributed by atoms with E-state index in [4.69, 9.17) is 10.8 Å². The molecule has 0 aromatic rings. The lowest BCUT2D eigenvalue weighted by atomic mass is 10.2. The van der Waals surface area contributed by atoms with Gasteiger partial charge in [0.05, 0.1) is 6.61 Å². The van der Waals surface area contributed by atoms with Gasteiger partial charge in [-0.2, -0.15) is 0 Å². The molecule has 0 radical (unpaired) electrons. The van der Waals surface area contributed by atoms with Gasteiger partial charge in [-0.05, 0) is 6.42 Å². The van der Waals surface area contributed by atoms with Crippen LogP contribution in [0, 0.1) is 0 Å². The summed E-state index contributed by atoms with van der Waals surface area (Å²) in [5.74, 6) is -1.00. The van der Waals surface area contributed by atoms with Gasteiger partial charge < -0.3 is 15.7 Å². The van der Waals surface area contributed by atoms with Gasteiger partial charge in [-0.1, -0.05) is 0 Å². The van der Waals surface area contributed by atoms with E-state index in [1.54, 1.807) is 7.05 Å². The number of hydrogen-bond acceptors (Lipinski definition) is 4. The molecule has 0 bridgehead atoms. The molecule has 0 aromatic heterocycles. The Labute approximate surface area is 59.1 Å². The first kappa shape index (κ1) is 9.35. The van der Waals surface area contributed by atoms with E-state index >= 15 is 0 Å². The molecule has 0 spiro atoms. The zero-order chi connectivity index (χ0) is 7.98. The van der Waals surface area contributed by atoms with E-state index in [-0.39, 0.29) is 0 Å². The van der Waals surface area contributed by atoms with Crippen LogP contribution in [0.4, 0.5) is 0 Å². The van der Waals surface area contributed by atoms with Crippen molar-refractivity contribution in [2.24, 2.45) is 5.73 Å². The van der Waals surface area contributed by atoms with Crippen molar-refractivity contribution in [3.63, 3.8) is 0 Å². The normalized spacial score (nSPS) is 13.0. The number of hydroxylamine groups is 1. The number of nitrogens with two attached hydrogens (primary N) is 1. The zero-order valence-corrected chi connectivity index (χ0v) is 5.83. The lowest BCUT2D eigenvalue weighted by molar-refractivity contribution is -0.139. The first-order valence-electron chi connectivity index (χ1n) is 2.95. The summed E-state index contributed by atoms with van der Waals surface area (Å²) in [6, 6.07) is -0.826. The van der Waals surface area contributed by atoms with Gasteiger partial charge in [0.25, 0.3) is 0 Å². The highest BCUT2D eigenvalue weighted by atomic mass is 16.6. The third kappa shape index (κ3) is 4.25. The Morgan fingerprint density at radius 2 is 2.50 bits per heavy atom. The molecule has 0 unspecified atom stereocenters. The van der Waals surface area contributed by atoms with E-state index in [0.29, 0.717) is 13.0 Å². The summed E-state index contributed by atoms with van der Waals surface area (Å²) in [6.07, 6.45) is 0.316. The average Bonchev–Trinajstić information content (AvgIpc) is 1.88. The summed E-state index contributed by atoms with van der Waals surface area (Å²) in [7, 11) is 1.60. The van der Waals surface area contributed by atoms with Crippen molar-refractivity contribution in [1.82, 2.24) is 5.48 Å². The van der Waals surface area contributed by atoms with Gasteiger partial charge in [0.2, 0.25) is 0 Å². The predicted octanol–water partition coefficient (Wildman–Crippen LogP) is -1.06. The fourth-order valence-electron chi connectivity index (χ4n) is 0.411. The summed E-state index contributed by atoms with van der Waals surface area (Å²) < 4.78 is 0. The molecule has 0 aromatic carbocycles. The number of hydrogen-bond donors (Lipinski definition) is 3. The number of rotatable bonds is 5. The van der Waals surface area contributed by atoms with Crippen LogP contribution < -0.4 is 11.2 Å². The number of carboxylic acid groups (broad SMARTS) is 1. The smallest absolute Gasteiger partial charge is 0.320 e. The molecular weight excluding hydrogens is 136 g/mol. The van der Waals surface area contributed by atoms with Crippen molar-refractivity contribution < 1.29 is 14.7 Å². The van der Waals surface area contributed by atoms with Gasteiger partial charge >= 0.3 is 5.97 Å². The topological polar surface area (TPSA) is 84.6 Å². The number of carbonyl (C=O) groups is 1. The fraction of sp³-hybridized carbons (Fsp3) is 0.800. The highest BCUT2D eigenvalue weighted by Gasteiger charge is 2.09. The molecule has 0 amide bonds. The van der Waals surface area contributed by atoms with Crippen molar-refractivity contribution in [2.45, 2.75) is 12.5 Å². The van der Waals surface area contributed by atoms with Crippen LogP contribution in [0.2, 0.25) is 0 Å². The highest BCUT2D eigenvalue weighted by Crippen LogP contribution is 1.86. The maximum Gasteiger partial charge on any atom is 0.320 e. The molecule has 5 heteroatoms.